The van der Waals surface area contributed by atoms with E-state index >= 15 is 0 Å². The Morgan fingerprint density at radius 2 is 2.15 bits per heavy atom. The molecule has 1 unspecified atom stereocenters. The van der Waals surface area contributed by atoms with E-state index in [-0.39, 0.29) is 11.8 Å². The highest BCUT2D eigenvalue weighted by Gasteiger charge is 2.51. The summed E-state index contributed by atoms with van der Waals surface area (Å²) in [6.45, 7) is 2.46. The van der Waals surface area contributed by atoms with E-state index in [2.05, 4.69) is 15.4 Å². The highest BCUT2D eigenvalue weighted by molar-refractivity contribution is 5.54. The predicted molar refractivity (Wildman–Crippen MR) is 49.3 cm³/mol. The number of hydroxylamine groups is 1. The molecule has 0 aromatic heterocycles. The number of rotatable bonds is 1. The molecule has 1 atom stereocenters. The van der Waals surface area contributed by atoms with Crippen molar-refractivity contribution >= 4 is 6.34 Å². The summed E-state index contributed by atoms with van der Waals surface area (Å²) >= 11 is 0. The van der Waals surface area contributed by atoms with E-state index in [4.69, 9.17) is 4.84 Å². The minimum atomic E-state index is 0.0394. The van der Waals surface area contributed by atoms with Crippen LogP contribution in [0.2, 0.25) is 0 Å². The molecule has 2 saturated heterocycles. The zero-order valence-corrected chi connectivity index (χ0v) is 7.70. The number of nitrogens with one attached hydrogen (secondary N) is 1. The Kier molecular flexibility index (Phi) is 1.60. The van der Waals surface area contributed by atoms with Crippen LogP contribution in [0.15, 0.2) is 4.99 Å². The summed E-state index contributed by atoms with van der Waals surface area (Å²) in [6.07, 6.45) is 6.81. The maximum atomic E-state index is 5.43. The lowest BCUT2D eigenvalue weighted by Gasteiger charge is -2.34. The van der Waals surface area contributed by atoms with Crippen LogP contribution in [-0.4, -0.2) is 36.1 Å². The molecular formula is C9H15N3O. The van der Waals surface area contributed by atoms with E-state index in [1.165, 1.54) is 38.8 Å². The molecule has 3 aliphatic rings. The molecule has 3 rings (SSSR count). The van der Waals surface area contributed by atoms with Gasteiger partial charge in [-0.2, -0.15) is 0 Å². The van der Waals surface area contributed by atoms with Crippen molar-refractivity contribution < 1.29 is 4.84 Å². The zero-order chi connectivity index (χ0) is 8.73. The van der Waals surface area contributed by atoms with Crippen LogP contribution in [-0.2, 0) is 4.84 Å². The molecule has 3 heterocycles. The maximum Gasteiger partial charge on any atom is 0.194 e. The third-order valence-electron chi connectivity index (χ3n) is 3.61. The zero-order valence-electron chi connectivity index (χ0n) is 7.70. The third-order valence-corrected chi connectivity index (χ3v) is 3.61. The standard InChI is InChI=1S/C9H15N3O/c1-3-9(8-10-7-11-13-8)4-2-6-12(9)5-1/h7-8H,1-6H2,(H,10,11). The van der Waals surface area contributed by atoms with Crippen molar-refractivity contribution in [3.05, 3.63) is 0 Å². The molecule has 0 aromatic carbocycles. The summed E-state index contributed by atoms with van der Waals surface area (Å²) in [5.41, 5.74) is 2.97. The number of hydrogen-bond donors (Lipinski definition) is 1. The van der Waals surface area contributed by atoms with Crippen molar-refractivity contribution in [3.63, 3.8) is 0 Å². The van der Waals surface area contributed by atoms with Gasteiger partial charge in [0.15, 0.2) is 6.23 Å². The largest absolute Gasteiger partial charge is 0.293 e. The molecule has 4 nitrogen and oxygen atoms in total. The van der Waals surface area contributed by atoms with E-state index in [1.807, 2.05) is 0 Å². The summed E-state index contributed by atoms with van der Waals surface area (Å²) in [5, 5.41) is 0. The maximum absolute atomic E-state index is 5.43. The number of hydrogen-bond acceptors (Lipinski definition) is 4. The summed E-state index contributed by atoms with van der Waals surface area (Å²) in [5.74, 6) is 0. The van der Waals surface area contributed by atoms with Crippen LogP contribution in [0, 0.1) is 0 Å². The van der Waals surface area contributed by atoms with Crippen LogP contribution in [0.5, 0.6) is 0 Å². The van der Waals surface area contributed by atoms with E-state index in [9.17, 15) is 0 Å². The van der Waals surface area contributed by atoms with Gasteiger partial charge in [0, 0.05) is 0 Å². The van der Waals surface area contributed by atoms with Crippen molar-refractivity contribution in [2.24, 2.45) is 4.99 Å². The highest BCUT2D eigenvalue weighted by Crippen LogP contribution is 2.42. The van der Waals surface area contributed by atoms with Crippen LogP contribution in [0.4, 0.5) is 0 Å². The van der Waals surface area contributed by atoms with Crippen molar-refractivity contribution in [3.8, 4) is 0 Å². The molecule has 72 valence electrons. The summed E-state index contributed by atoms with van der Waals surface area (Å²) in [6, 6.07) is 0. The molecule has 1 N–H and O–H groups in total. The molecule has 0 aliphatic carbocycles. The second kappa shape index (κ2) is 2.69. The quantitative estimate of drug-likeness (QED) is 0.640. The monoisotopic (exact) mass is 181 g/mol. The van der Waals surface area contributed by atoms with Gasteiger partial charge < -0.3 is 0 Å². The molecule has 0 radical (unpaired) electrons. The molecule has 4 heteroatoms. The van der Waals surface area contributed by atoms with Gasteiger partial charge in [-0.05, 0) is 38.8 Å². The van der Waals surface area contributed by atoms with Gasteiger partial charge >= 0.3 is 0 Å². The first-order valence-electron chi connectivity index (χ1n) is 5.10. The molecule has 3 aliphatic heterocycles. The van der Waals surface area contributed by atoms with Gasteiger partial charge in [-0.25, -0.2) is 9.83 Å². The molecule has 13 heavy (non-hydrogen) atoms. The van der Waals surface area contributed by atoms with Crippen molar-refractivity contribution in [2.45, 2.75) is 37.5 Å². The Morgan fingerprint density at radius 1 is 1.38 bits per heavy atom. The first-order valence-corrected chi connectivity index (χ1v) is 5.10. The topological polar surface area (TPSA) is 36.9 Å². The molecule has 0 spiro atoms. The van der Waals surface area contributed by atoms with Gasteiger partial charge in [-0.15, -0.1) is 0 Å². The summed E-state index contributed by atoms with van der Waals surface area (Å²) in [7, 11) is 0. The molecular weight excluding hydrogens is 166 g/mol. The lowest BCUT2D eigenvalue weighted by Crippen LogP contribution is -2.48. The minimum Gasteiger partial charge on any atom is -0.293 e. The van der Waals surface area contributed by atoms with Crippen LogP contribution in [0.3, 0.4) is 0 Å². The second-order valence-electron chi connectivity index (χ2n) is 4.16. The Bertz CT molecular complexity index is 231. The van der Waals surface area contributed by atoms with Gasteiger partial charge in [0.2, 0.25) is 0 Å². The first kappa shape index (κ1) is 7.76. The predicted octanol–water partition coefficient (Wildman–Crippen LogP) is 0.504. The van der Waals surface area contributed by atoms with Crippen molar-refractivity contribution in [1.29, 1.82) is 0 Å². The van der Waals surface area contributed by atoms with Crippen LogP contribution in [0.1, 0.15) is 25.7 Å². The first-order chi connectivity index (χ1) is 6.42. The lowest BCUT2D eigenvalue weighted by molar-refractivity contribution is -0.0482. The van der Waals surface area contributed by atoms with Crippen LogP contribution in [0.25, 0.3) is 0 Å². The third kappa shape index (κ3) is 0.957. The number of aliphatic imine (C=N–C) groups is 1. The SMILES string of the molecule is C1=NC(C23CCCN2CCC3)ON1. The molecule has 0 aromatic rings. The fourth-order valence-corrected chi connectivity index (χ4v) is 3.03. The Balaban J connectivity index is 1.88. The Morgan fingerprint density at radius 3 is 2.77 bits per heavy atom. The van der Waals surface area contributed by atoms with Crippen LogP contribution >= 0.6 is 0 Å². The fraction of sp³-hybridized carbons (Fsp3) is 0.889. The second-order valence-corrected chi connectivity index (χ2v) is 4.16. The number of nitrogens with zero attached hydrogens (tertiary/aromatic N) is 2. The normalized spacial score (nSPS) is 36.5. The molecule has 0 bridgehead atoms. The van der Waals surface area contributed by atoms with Crippen molar-refractivity contribution in [1.82, 2.24) is 10.4 Å². The van der Waals surface area contributed by atoms with Gasteiger partial charge in [0.25, 0.3) is 0 Å². The van der Waals surface area contributed by atoms with Gasteiger partial charge in [0.1, 0.15) is 6.34 Å². The Hall–Kier alpha value is -0.610. The van der Waals surface area contributed by atoms with Gasteiger partial charge in [-0.3, -0.25) is 10.4 Å². The van der Waals surface area contributed by atoms with Crippen LogP contribution < -0.4 is 5.48 Å². The van der Waals surface area contributed by atoms with Gasteiger partial charge in [-0.1, -0.05) is 0 Å². The average Bonchev–Trinajstić information content (AvgIpc) is 2.79. The fourth-order valence-electron chi connectivity index (χ4n) is 3.03. The Labute approximate surface area is 77.9 Å². The van der Waals surface area contributed by atoms with E-state index in [1.54, 1.807) is 6.34 Å². The van der Waals surface area contributed by atoms with E-state index in [0.29, 0.717) is 0 Å². The smallest absolute Gasteiger partial charge is 0.194 e. The van der Waals surface area contributed by atoms with E-state index in [0.717, 1.165) is 0 Å². The lowest BCUT2D eigenvalue weighted by atomic mass is 9.92. The molecule has 0 saturated carbocycles. The van der Waals surface area contributed by atoms with Gasteiger partial charge in [0.05, 0.1) is 5.54 Å². The van der Waals surface area contributed by atoms with E-state index < -0.39 is 0 Å². The highest BCUT2D eigenvalue weighted by atomic mass is 16.7. The summed E-state index contributed by atoms with van der Waals surface area (Å²) < 4.78 is 0. The minimum absolute atomic E-state index is 0.0394. The molecule has 0 amide bonds. The average molecular weight is 181 g/mol. The molecule has 2 fully saturated rings. The summed E-state index contributed by atoms with van der Waals surface area (Å²) in [4.78, 5) is 12.3. The van der Waals surface area contributed by atoms with Crippen molar-refractivity contribution in [2.75, 3.05) is 13.1 Å². The number of fused-ring (bicyclic) bond motifs is 1.